The van der Waals surface area contributed by atoms with Crippen molar-refractivity contribution in [3.8, 4) is 0 Å². The van der Waals surface area contributed by atoms with E-state index in [1.165, 1.54) is 0 Å². The van der Waals surface area contributed by atoms with Gasteiger partial charge in [0, 0.05) is 17.1 Å². The summed E-state index contributed by atoms with van der Waals surface area (Å²) < 4.78 is 2.04. The average molecular weight is 230 g/mol. The Morgan fingerprint density at radius 3 is 3.18 bits per heavy atom. The fourth-order valence-corrected chi connectivity index (χ4v) is 2.58. The molecule has 2 rings (SSSR count). The Balaban J connectivity index is 2.87. The zero-order valence-electron chi connectivity index (χ0n) is 5.43. The van der Waals surface area contributed by atoms with Crippen LogP contribution in [0, 0.1) is 0 Å². The van der Waals surface area contributed by atoms with Crippen molar-refractivity contribution < 1.29 is 4.79 Å². The zero-order chi connectivity index (χ0) is 7.84. The Bertz CT molecular complexity index is 403. The first-order valence-corrected chi connectivity index (χ1v) is 4.69. The molecule has 2 heterocycles. The zero-order valence-corrected chi connectivity index (χ0v) is 7.83. The molecule has 0 aromatic carbocycles. The maximum absolute atomic E-state index is 10.5. The van der Waals surface area contributed by atoms with Crippen molar-refractivity contribution in [3.63, 3.8) is 0 Å². The van der Waals surface area contributed by atoms with Crippen molar-refractivity contribution in [3.05, 3.63) is 21.6 Å². The van der Waals surface area contributed by atoms with Crippen LogP contribution in [0.2, 0.25) is 0 Å². The number of nitrogens with one attached hydrogen (secondary N) is 1. The Kier molecular flexibility index (Phi) is 1.58. The summed E-state index contributed by atoms with van der Waals surface area (Å²) in [7, 11) is 0. The van der Waals surface area contributed by atoms with Gasteiger partial charge in [-0.3, -0.25) is 4.79 Å². The first kappa shape index (κ1) is 7.06. The van der Waals surface area contributed by atoms with E-state index >= 15 is 0 Å². The first-order valence-electron chi connectivity index (χ1n) is 3.02. The van der Waals surface area contributed by atoms with Crippen LogP contribution in [0.3, 0.4) is 0 Å². The van der Waals surface area contributed by atoms with Crippen molar-refractivity contribution in [2.24, 2.45) is 0 Å². The van der Waals surface area contributed by atoms with E-state index in [-0.39, 0.29) is 0 Å². The van der Waals surface area contributed by atoms with Gasteiger partial charge >= 0.3 is 0 Å². The van der Waals surface area contributed by atoms with Gasteiger partial charge in [0.1, 0.15) is 0 Å². The Hall–Kier alpha value is -0.610. The molecule has 0 spiro atoms. The van der Waals surface area contributed by atoms with Crippen LogP contribution in [-0.2, 0) is 0 Å². The molecule has 0 amide bonds. The molecule has 1 N–H and O–H groups in total. The number of halogens is 1. The molecule has 2 aromatic heterocycles. The highest BCUT2D eigenvalue weighted by atomic mass is 79.9. The molecule has 0 saturated carbocycles. The van der Waals surface area contributed by atoms with Crippen LogP contribution in [0.1, 0.15) is 10.4 Å². The molecule has 0 unspecified atom stereocenters. The quantitative estimate of drug-likeness (QED) is 0.750. The molecule has 56 valence electrons. The van der Waals surface area contributed by atoms with Crippen LogP contribution in [-0.4, -0.2) is 11.3 Å². The van der Waals surface area contributed by atoms with Crippen LogP contribution in [0.5, 0.6) is 0 Å². The van der Waals surface area contributed by atoms with E-state index in [0.717, 1.165) is 26.5 Å². The van der Waals surface area contributed by atoms with Crippen LogP contribution in [0.15, 0.2) is 16.0 Å². The van der Waals surface area contributed by atoms with E-state index in [9.17, 15) is 4.79 Å². The van der Waals surface area contributed by atoms with E-state index in [4.69, 9.17) is 0 Å². The lowest BCUT2D eigenvalue weighted by atomic mass is 10.3. The Morgan fingerprint density at radius 1 is 1.64 bits per heavy atom. The van der Waals surface area contributed by atoms with Gasteiger partial charge in [-0.1, -0.05) is 0 Å². The van der Waals surface area contributed by atoms with Crippen LogP contribution in [0.4, 0.5) is 0 Å². The minimum atomic E-state index is 0.732. The second-order valence-electron chi connectivity index (χ2n) is 2.15. The number of thiophene rings is 1. The van der Waals surface area contributed by atoms with Gasteiger partial charge in [-0.25, -0.2) is 0 Å². The molecule has 4 heteroatoms. The lowest BCUT2D eigenvalue weighted by molar-refractivity contribution is 0.112. The molecule has 0 aliphatic heterocycles. The molecule has 0 bridgehead atoms. The third-order valence-corrected chi connectivity index (χ3v) is 3.46. The number of rotatable bonds is 1. The van der Waals surface area contributed by atoms with Gasteiger partial charge in [-0.15, -0.1) is 11.3 Å². The number of H-pyrrole nitrogens is 1. The number of carbonyl (C=O) groups excluding carboxylic acids is 1. The van der Waals surface area contributed by atoms with Gasteiger partial charge in [-0.05, 0) is 15.9 Å². The Morgan fingerprint density at radius 2 is 2.45 bits per heavy atom. The fraction of sp³-hybridized carbons (Fsp3) is 0. The lowest BCUT2D eigenvalue weighted by Crippen LogP contribution is -1.68. The largest absolute Gasteiger partial charge is 0.359 e. The number of carbonyl (C=O) groups is 1. The van der Waals surface area contributed by atoms with Crippen LogP contribution < -0.4 is 0 Å². The summed E-state index contributed by atoms with van der Waals surface area (Å²) in [6.07, 6.45) is 2.58. The molecule has 0 aliphatic rings. The van der Waals surface area contributed by atoms with Crippen LogP contribution >= 0.6 is 27.3 Å². The molecule has 2 nitrogen and oxygen atoms in total. The van der Waals surface area contributed by atoms with Gasteiger partial charge in [0.25, 0.3) is 0 Å². The molecule has 0 fully saturated rings. The number of hydrogen-bond donors (Lipinski definition) is 1. The molecular weight excluding hydrogens is 226 g/mol. The van der Waals surface area contributed by atoms with E-state index in [1.807, 2.05) is 5.38 Å². The van der Waals surface area contributed by atoms with E-state index in [1.54, 1.807) is 17.5 Å². The molecule has 0 saturated heterocycles. The maximum atomic E-state index is 10.5. The monoisotopic (exact) mass is 229 g/mol. The summed E-state index contributed by atoms with van der Waals surface area (Å²) in [5.74, 6) is 0. The molecule has 0 aliphatic carbocycles. The summed E-state index contributed by atoms with van der Waals surface area (Å²) in [6, 6.07) is 0. The number of hydrogen-bond acceptors (Lipinski definition) is 2. The average Bonchev–Trinajstić information content (AvgIpc) is 2.53. The van der Waals surface area contributed by atoms with Gasteiger partial charge < -0.3 is 4.98 Å². The SMILES string of the molecule is O=Cc1c[nH]c2c(Br)csc12. The predicted octanol–water partition coefficient (Wildman–Crippen LogP) is 2.80. The topological polar surface area (TPSA) is 32.9 Å². The summed E-state index contributed by atoms with van der Waals surface area (Å²) in [4.78, 5) is 13.5. The highest BCUT2D eigenvalue weighted by molar-refractivity contribution is 9.10. The van der Waals surface area contributed by atoms with Gasteiger partial charge in [0.15, 0.2) is 6.29 Å². The highest BCUT2D eigenvalue weighted by Crippen LogP contribution is 2.30. The van der Waals surface area contributed by atoms with Crippen molar-refractivity contribution in [2.45, 2.75) is 0 Å². The van der Waals surface area contributed by atoms with Gasteiger partial charge in [0.2, 0.25) is 0 Å². The third kappa shape index (κ3) is 0.937. The normalized spacial score (nSPS) is 10.6. The second kappa shape index (κ2) is 2.46. The van der Waals surface area contributed by atoms with Gasteiger partial charge in [-0.2, -0.15) is 0 Å². The smallest absolute Gasteiger partial charge is 0.153 e. The van der Waals surface area contributed by atoms with Crippen molar-refractivity contribution in [1.29, 1.82) is 0 Å². The summed E-state index contributed by atoms with van der Waals surface area (Å²) >= 11 is 4.94. The lowest BCUT2D eigenvalue weighted by Gasteiger charge is -1.76. The van der Waals surface area contributed by atoms with Gasteiger partial charge in [0.05, 0.1) is 14.7 Å². The van der Waals surface area contributed by atoms with Crippen LogP contribution in [0.25, 0.3) is 10.2 Å². The third-order valence-electron chi connectivity index (χ3n) is 1.51. The number of aldehydes is 1. The van der Waals surface area contributed by atoms with Crippen molar-refractivity contribution in [1.82, 2.24) is 4.98 Å². The first-order chi connectivity index (χ1) is 5.33. The highest BCUT2D eigenvalue weighted by Gasteiger charge is 2.06. The standard InChI is InChI=1S/C7H4BrNOS/c8-5-3-11-7-4(2-10)1-9-6(5)7/h1-3,9H. The van der Waals surface area contributed by atoms with E-state index in [0.29, 0.717) is 0 Å². The summed E-state index contributed by atoms with van der Waals surface area (Å²) in [6.45, 7) is 0. The van der Waals surface area contributed by atoms with E-state index < -0.39 is 0 Å². The fourth-order valence-electron chi connectivity index (χ4n) is 0.987. The Labute approximate surface area is 75.4 Å². The molecule has 0 atom stereocenters. The number of aromatic nitrogens is 1. The molecule has 2 aromatic rings. The summed E-state index contributed by atoms with van der Waals surface area (Å²) in [5, 5.41) is 1.97. The minimum absolute atomic E-state index is 0.732. The van der Waals surface area contributed by atoms with Crippen molar-refractivity contribution in [2.75, 3.05) is 0 Å². The number of aromatic amines is 1. The molecular formula is C7H4BrNOS. The van der Waals surface area contributed by atoms with E-state index in [2.05, 4.69) is 20.9 Å². The van der Waals surface area contributed by atoms with Crippen molar-refractivity contribution >= 4 is 43.8 Å². The number of fused-ring (bicyclic) bond motifs is 1. The molecule has 0 radical (unpaired) electrons. The maximum Gasteiger partial charge on any atom is 0.153 e. The molecule has 11 heavy (non-hydrogen) atoms. The minimum Gasteiger partial charge on any atom is -0.359 e. The summed E-state index contributed by atoms with van der Waals surface area (Å²) in [5.41, 5.74) is 1.74. The predicted molar refractivity (Wildman–Crippen MR) is 49.3 cm³/mol. The second-order valence-corrected chi connectivity index (χ2v) is 3.88.